The summed E-state index contributed by atoms with van der Waals surface area (Å²) in [5, 5.41) is 6.14. The number of rotatable bonds is 10. The maximum absolute atomic E-state index is 12.6. The topological polar surface area (TPSA) is 127 Å². The number of allylic oxidation sites excluding steroid dienone is 1. The van der Waals surface area contributed by atoms with Crippen molar-refractivity contribution in [3.8, 4) is 0 Å². The van der Waals surface area contributed by atoms with Crippen LogP contribution in [0.2, 0.25) is 0 Å². The number of unbranched alkanes of at least 4 members (excludes halogenated alkanes) is 4. The standard InChI is InChI=1S/C28H40N4O5S2/c1-4-5-6-7-8-15-26(35)39-16-10-9-13-22-17-24(33)29-18-21-12-11-14-23(32-21)28(38-3)31-20(2)27(36)30-19-25(34)37-22/h9,11-14,20,22H,4-8,10,15-19H2,1-3H3,(H,29,33)(H,30,36)/b13-9+,31-28?. The van der Waals surface area contributed by atoms with E-state index in [4.69, 9.17) is 4.74 Å². The molecule has 1 aromatic heterocycles. The van der Waals surface area contributed by atoms with E-state index in [2.05, 4.69) is 27.5 Å². The quantitative estimate of drug-likeness (QED) is 0.241. The van der Waals surface area contributed by atoms with E-state index in [-0.39, 0.29) is 30.5 Å². The van der Waals surface area contributed by atoms with Gasteiger partial charge in [0.05, 0.1) is 24.4 Å². The average molecular weight is 577 g/mol. The van der Waals surface area contributed by atoms with Gasteiger partial charge in [-0.3, -0.25) is 24.2 Å². The molecule has 2 heterocycles. The molecule has 39 heavy (non-hydrogen) atoms. The van der Waals surface area contributed by atoms with Crippen LogP contribution in [0.5, 0.6) is 0 Å². The number of fused-ring (bicyclic) bond motifs is 2. The van der Waals surface area contributed by atoms with Crippen LogP contribution >= 0.6 is 23.5 Å². The van der Waals surface area contributed by atoms with Crippen molar-refractivity contribution in [3.63, 3.8) is 0 Å². The van der Waals surface area contributed by atoms with E-state index in [0.717, 1.165) is 12.8 Å². The summed E-state index contributed by atoms with van der Waals surface area (Å²) < 4.78 is 5.47. The van der Waals surface area contributed by atoms with Crippen molar-refractivity contribution in [2.45, 2.75) is 83.9 Å². The Balaban J connectivity index is 1.98. The Morgan fingerprint density at radius 1 is 1.13 bits per heavy atom. The zero-order valence-electron chi connectivity index (χ0n) is 23.1. The van der Waals surface area contributed by atoms with Gasteiger partial charge in [-0.25, -0.2) is 4.98 Å². The summed E-state index contributed by atoms with van der Waals surface area (Å²) in [6.45, 7) is 3.67. The molecular formula is C28H40N4O5S2. The molecule has 214 valence electrons. The fourth-order valence-electron chi connectivity index (χ4n) is 3.70. The summed E-state index contributed by atoms with van der Waals surface area (Å²) in [5.41, 5.74) is 1.25. The number of thioether (sulfide) groups is 2. The lowest BCUT2D eigenvalue weighted by atomic mass is 10.1. The van der Waals surface area contributed by atoms with Gasteiger partial charge in [0, 0.05) is 12.2 Å². The molecule has 2 atom stereocenters. The Morgan fingerprint density at radius 3 is 2.69 bits per heavy atom. The van der Waals surface area contributed by atoms with Gasteiger partial charge in [-0.1, -0.05) is 56.5 Å². The molecule has 0 fully saturated rings. The average Bonchev–Trinajstić information content (AvgIpc) is 2.92. The molecule has 0 aliphatic carbocycles. The van der Waals surface area contributed by atoms with Crippen molar-refractivity contribution >= 4 is 51.5 Å². The van der Waals surface area contributed by atoms with E-state index in [9.17, 15) is 19.2 Å². The highest BCUT2D eigenvalue weighted by Gasteiger charge is 2.20. The number of cyclic esters (lactones) is 1. The van der Waals surface area contributed by atoms with Crippen LogP contribution in [0.15, 0.2) is 35.3 Å². The number of aromatic nitrogens is 1. The lowest BCUT2D eigenvalue weighted by Crippen LogP contribution is -2.38. The Bertz CT molecular complexity index is 1030. The molecule has 0 aromatic carbocycles. The van der Waals surface area contributed by atoms with E-state index in [0.29, 0.717) is 35.0 Å². The van der Waals surface area contributed by atoms with Crippen molar-refractivity contribution < 1.29 is 23.9 Å². The predicted molar refractivity (Wildman–Crippen MR) is 158 cm³/mol. The third-order valence-electron chi connectivity index (χ3n) is 5.84. The van der Waals surface area contributed by atoms with E-state index < -0.39 is 24.0 Å². The minimum atomic E-state index is -0.806. The highest BCUT2D eigenvalue weighted by Crippen LogP contribution is 2.14. The first-order chi connectivity index (χ1) is 18.8. The Hall–Kier alpha value is -2.66. The fraction of sp³-hybridized carbons (Fsp3) is 0.571. The molecular weight excluding hydrogens is 536 g/mol. The molecule has 1 aliphatic rings. The van der Waals surface area contributed by atoms with E-state index in [1.807, 2.05) is 18.4 Å². The smallest absolute Gasteiger partial charge is 0.326 e. The highest BCUT2D eigenvalue weighted by atomic mass is 32.2. The van der Waals surface area contributed by atoms with Crippen molar-refractivity contribution in [3.05, 3.63) is 41.7 Å². The van der Waals surface area contributed by atoms with Gasteiger partial charge in [0.25, 0.3) is 0 Å². The molecule has 2 unspecified atom stereocenters. The number of carbonyl (C=O) groups is 4. The number of ether oxygens (including phenoxy) is 1. The van der Waals surface area contributed by atoms with Crippen LogP contribution in [0.3, 0.4) is 0 Å². The van der Waals surface area contributed by atoms with Crippen molar-refractivity contribution in [1.82, 2.24) is 15.6 Å². The lowest BCUT2D eigenvalue weighted by molar-refractivity contribution is -0.148. The molecule has 2 rings (SSSR count). The zero-order valence-corrected chi connectivity index (χ0v) is 24.7. The van der Waals surface area contributed by atoms with Crippen molar-refractivity contribution in [1.29, 1.82) is 0 Å². The lowest BCUT2D eigenvalue weighted by Gasteiger charge is -2.16. The van der Waals surface area contributed by atoms with Crippen LogP contribution in [-0.4, -0.2) is 63.6 Å². The molecule has 0 spiro atoms. The number of nitrogens with zero attached hydrogens (tertiary/aromatic N) is 2. The van der Waals surface area contributed by atoms with Gasteiger partial charge < -0.3 is 15.4 Å². The van der Waals surface area contributed by atoms with Crippen molar-refractivity contribution in [2.75, 3.05) is 18.6 Å². The largest absolute Gasteiger partial charge is 0.456 e. The molecule has 2 amide bonds. The van der Waals surface area contributed by atoms with Crippen LogP contribution in [0, 0.1) is 0 Å². The molecule has 2 N–H and O–H groups in total. The number of hydrogen-bond donors (Lipinski definition) is 2. The second kappa shape index (κ2) is 18.6. The maximum atomic E-state index is 12.6. The minimum absolute atomic E-state index is 0.0758. The molecule has 9 nitrogen and oxygen atoms in total. The molecule has 0 radical (unpaired) electrons. The first-order valence-corrected chi connectivity index (χ1v) is 15.7. The Morgan fingerprint density at radius 2 is 1.92 bits per heavy atom. The van der Waals surface area contributed by atoms with Gasteiger partial charge in [0.1, 0.15) is 23.7 Å². The van der Waals surface area contributed by atoms with Gasteiger partial charge >= 0.3 is 5.97 Å². The second-order valence-electron chi connectivity index (χ2n) is 9.16. The van der Waals surface area contributed by atoms with E-state index in [1.54, 1.807) is 25.1 Å². The van der Waals surface area contributed by atoms with Gasteiger partial charge in [-0.2, -0.15) is 0 Å². The number of amides is 2. The summed E-state index contributed by atoms with van der Waals surface area (Å²) in [6, 6.07) is 4.69. The van der Waals surface area contributed by atoms with E-state index in [1.165, 1.54) is 42.8 Å². The van der Waals surface area contributed by atoms with Crippen molar-refractivity contribution in [2.24, 2.45) is 4.99 Å². The summed E-state index contributed by atoms with van der Waals surface area (Å²) in [6.07, 6.45) is 11.2. The normalized spacial score (nSPS) is 19.3. The third kappa shape index (κ3) is 13.3. The third-order valence-corrected chi connectivity index (χ3v) is 7.50. The molecule has 0 saturated carbocycles. The summed E-state index contributed by atoms with van der Waals surface area (Å²) in [5.74, 6) is -0.760. The second-order valence-corrected chi connectivity index (χ2v) is 11.1. The predicted octanol–water partition coefficient (Wildman–Crippen LogP) is 4.19. The van der Waals surface area contributed by atoms with Gasteiger partial charge in [-0.05, 0) is 44.2 Å². The van der Waals surface area contributed by atoms with Gasteiger partial charge in [0.15, 0.2) is 5.12 Å². The molecule has 2 bridgehead atoms. The fourth-order valence-corrected chi connectivity index (χ4v) is 5.06. The molecule has 1 aliphatic heterocycles. The number of esters is 1. The first-order valence-electron chi connectivity index (χ1n) is 13.5. The highest BCUT2D eigenvalue weighted by molar-refractivity contribution is 8.14. The minimum Gasteiger partial charge on any atom is -0.456 e. The van der Waals surface area contributed by atoms with Crippen LogP contribution in [-0.2, 0) is 30.5 Å². The van der Waals surface area contributed by atoms with Crippen LogP contribution in [0.4, 0.5) is 0 Å². The zero-order chi connectivity index (χ0) is 28.5. The summed E-state index contributed by atoms with van der Waals surface area (Å²) in [4.78, 5) is 58.7. The number of aliphatic imine (C=N–C) groups is 1. The monoisotopic (exact) mass is 576 g/mol. The number of nitrogens with one attached hydrogen (secondary N) is 2. The van der Waals surface area contributed by atoms with Crippen LogP contribution in [0.1, 0.15) is 76.6 Å². The summed E-state index contributed by atoms with van der Waals surface area (Å²) >= 11 is 2.67. The van der Waals surface area contributed by atoms with Gasteiger partial charge in [0.2, 0.25) is 11.8 Å². The summed E-state index contributed by atoms with van der Waals surface area (Å²) in [7, 11) is 0. The maximum Gasteiger partial charge on any atom is 0.326 e. The molecule has 11 heteroatoms. The van der Waals surface area contributed by atoms with Crippen LogP contribution < -0.4 is 10.6 Å². The Kier molecular flexibility index (Phi) is 15.5. The molecule has 1 aromatic rings. The van der Waals surface area contributed by atoms with E-state index >= 15 is 0 Å². The Labute approximate surface area is 239 Å². The van der Waals surface area contributed by atoms with Crippen LogP contribution in [0.25, 0.3) is 0 Å². The number of pyridine rings is 1. The first kappa shape index (κ1) is 32.6. The molecule has 0 saturated heterocycles. The number of hydrogen-bond acceptors (Lipinski definition) is 9. The SMILES string of the molecule is CCCCCCCC(=O)SCC/C=C/C1CC(=O)NCc2cccc(n2)C(SC)=NC(C)C(=O)NCC(=O)O1. The number of carbonyl (C=O) groups excluding carboxylic acids is 4. The van der Waals surface area contributed by atoms with Gasteiger partial charge in [-0.15, -0.1) is 11.8 Å².